The maximum Gasteiger partial charge on any atom is 0.254 e. The quantitative estimate of drug-likeness (QED) is 0.652. The molecule has 3 aromatic rings. The summed E-state index contributed by atoms with van der Waals surface area (Å²) in [4.78, 5) is 17.4. The monoisotopic (exact) mass is 370 g/mol. The van der Waals surface area contributed by atoms with Crippen LogP contribution in [0.15, 0.2) is 47.5 Å². The van der Waals surface area contributed by atoms with E-state index >= 15 is 0 Å². The number of hydrogen-bond acceptors (Lipinski definition) is 4. The Kier molecular flexibility index (Phi) is 5.42. The van der Waals surface area contributed by atoms with Gasteiger partial charge in [-0.3, -0.25) is 4.79 Å². The highest BCUT2D eigenvalue weighted by atomic mass is 32.2. The molecule has 2 N–H and O–H groups in total. The van der Waals surface area contributed by atoms with Crippen LogP contribution >= 0.6 is 11.8 Å². The van der Waals surface area contributed by atoms with Crippen molar-refractivity contribution in [2.24, 2.45) is 0 Å². The fourth-order valence-corrected chi connectivity index (χ4v) is 3.64. The van der Waals surface area contributed by atoms with Crippen molar-refractivity contribution in [1.82, 2.24) is 10.3 Å². The number of benzene rings is 2. The van der Waals surface area contributed by atoms with Crippen molar-refractivity contribution in [2.45, 2.75) is 25.4 Å². The maximum absolute atomic E-state index is 13.3. The number of fused-ring (bicyclic) bond motifs is 1. The first-order valence-corrected chi connectivity index (χ1v) is 9.27. The van der Waals surface area contributed by atoms with E-state index in [-0.39, 0.29) is 24.0 Å². The van der Waals surface area contributed by atoms with Crippen molar-refractivity contribution in [3.8, 4) is 5.75 Å². The molecule has 0 radical (unpaired) electrons. The zero-order valence-electron chi connectivity index (χ0n) is 14.5. The summed E-state index contributed by atoms with van der Waals surface area (Å²) < 4.78 is 13.3. The van der Waals surface area contributed by atoms with Crippen LogP contribution in [0.5, 0.6) is 5.75 Å². The summed E-state index contributed by atoms with van der Waals surface area (Å²) in [6, 6.07) is 11.1. The number of thioether (sulfide) groups is 1. The molecule has 26 heavy (non-hydrogen) atoms. The van der Waals surface area contributed by atoms with Crippen LogP contribution in [0.1, 0.15) is 28.4 Å². The normalized spacial score (nSPS) is 10.9. The highest BCUT2D eigenvalue weighted by Crippen LogP contribution is 2.30. The number of pyridine rings is 1. The Morgan fingerprint density at radius 2 is 2.08 bits per heavy atom. The van der Waals surface area contributed by atoms with E-state index in [2.05, 4.69) is 10.3 Å². The first kappa shape index (κ1) is 18.2. The second-order valence-corrected chi connectivity index (χ2v) is 7.12. The van der Waals surface area contributed by atoms with Gasteiger partial charge in [0.1, 0.15) is 16.6 Å². The minimum absolute atomic E-state index is 0.139. The Morgan fingerprint density at radius 1 is 1.27 bits per heavy atom. The van der Waals surface area contributed by atoms with Gasteiger partial charge >= 0.3 is 0 Å². The molecule has 0 saturated carbocycles. The minimum Gasteiger partial charge on any atom is -0.508 e. The fourth-order valence-electron chi connectivity index (χ4n) is 2.82. The number of aromatic hydroxyl groups is 1. The van der Waals surface area contributed by atoms with Crippen molar-refractivity contribution in [2.75, 3.05) is 5.75 Å². The molecule has 6 heteroatoms. The number of amides is 1. The second kappa shape index (κ2) is 7.74. The average Bonchev–Trinajstić information content (AvgIpc) is 2.60. The zero-order valence-corrected chi connectivity index (χ0v) is 15.4. The van der Waals surface area contributed by atoms with Crippen LogP contribution in [-0.2, 0) is 6.54 Å². The number of rotatable bonds is 5. The number of phenols is 1. The molecule has 0 atom stereocenters. The lowest BCUT2D eigenvalue weighted by Gasteiger charge is -2.14. The van der Waals surface area contributed by atoms with Gasteiger partial charge < -0.3 is 10.4 Å². The summed E-state index contributed by atoms with van der Waals surface area (Å²) in [6.45, 7) is 4.10. The number of aryl methyl sites for hydroxylation is 1. The smallest absolute Gasteiger partial charge is 0.254 e. The summed E-state index contributed by atoms with van der Waals surface area (Å²) in [6.07, 6.45) is 0. The zero-order chi connectivity index (χ0) is 18.7. The lowest BCUT2D eigenvalue weighted by molar-refractivity contribution is 0.0947. The van der Waals surface area contributed by atoms with Crippen LogP contribution in [0, 0.1) is 12.7 Å². The van der Waals surface area contributed by atoms with E-state index in [4.69, 9.17) is 0 Å². The molecular weight excluding hydrogens is 351 g/mol. The summed E-state index contributed by atoms with van der Waals surface area (Å²) in [5, 5.41) is 14.0. The van der Waals surface area contributed by atoms with E-state index in [1.165, 1.54) is 23.9 Å². The highest BCUT2D eigenvalue weighted by Gasteiger charge is 2.19. The lowest BCUT2D eigenvalue weighted by Crippen LogP contribution is -2.25. The maximum atomic E-state index is 13.3. The van der Waals surface area contributed by atoms with E-state index in [0.717, 1.165) is 16.7 Å². The van der Waals surface area contributed by atoms with Gasteiger partial charge in [0.15, 0.2) is 0 Å². The van der Waals surface area contributed by atoms with E-state index in [0.29, 0.717) is 21.7 Å². The summed E-state index contributed by atoms with van der Waals surface area (Å²) in [7, 11) is 0. The van der Waals surface area contributed by atoms with Gasteiger partial charge in [-0.1, -0.05) is 19.1 Å². The molecule has 0 aliphatic heterocycles. The topological polar surface area (TPSA) is 62.2 Å². The first-order chi connectivity index (χ1) is 12.5. The molecule has 0 fully saturated rings. The molecule has 134 valence electrons. The standard InChI is InChI=1S/C20H19FN2O2S/c1-3-26-20-18(12(2)16-8-7-15(24)10-17(16)23-20)19(25)22-11-13-5-4-6-14(21)9-13/h4-10,24H,3,11H2,1-2H3,(H,22,25). The molecule has 0 bridgehead atoms. The predicted octanol–water partition coefficient (Wildman–Crippen LogP) is 4.43. The van der Waals surface area contributed by atoms with Crippen LogP contribution < -0.4 is 5.32 Å². The van der Waals surface area contributed by atoms with Gasteiger partial charge in [-0.05, 0) is 48.1 Å². The van der Waals surface area contributed by atoms with Crippen LogP contribution in [0.3, 0.4) is 0 Å². The first-order valence-electron chi connectivity index (χ1n) is 8.28. The molecule has 1 heterocycles. The number of nitrogens with one attached hydrogen (secondary N) is 1. The molecule has 3 rings (SSSR count). The predicted molar refractivity (Wildman–Crippen MR) is 102 cm³/mol. The number of nitrogens with zero attached hydrogens (tertiary/aromatic N) is 1. The van der Waals surface area contributed by atoms with Gasteiger partial charge in [0.05, 0.1) is 11.1 Å². The van der Waals surface area contributed by atoms with Crippen LogP contribution in [0.4, 0.5) is 4.39 Å². The van der Waals surface area contributed by atoms with Crippen molar-refractivity contribution in [3.05, 3.63) is 65.0 Å². The highest BCUT2D eigenvalue weighted by molar-refractivity contribution is 7.99. The van der Waals surface area contributed by atoms with Gasteiger partial charge in [-0.2, -0.15) is 0 Å². The van der Waals surface area contributed by atoms with Gasteiger partial charge in [0.2, 0.25) is 0 Å². The number of carbonyl (C=O) groups excluding carboxylic acids is 1. The van der Waals surface area contributed by atoms with E-state index in [1.807, 2.05) is 13.8 Å². The number of hydrogen-bond donors (Lipinski definition) is 2. The molecule has 4 nitrogen and oxygen atoms in total. The lowest BCUT2D eigenvalue weighted by atomic mass is 10.0. The molecular formula is C20H19FN2O2S. The van der Waals surface area contributed by atoms with Crippen LogP contribution in [-0.4, -0.2) is 21.8 Å². The van der Waals surface area contributed by atoms with Crippen LogP contribution in [0.2, 0.25) is 0 Å². The molecule has 0 saturated heterocycles. The van der Waals surface area contributed by atoms with E-state index in [9.17, 15) is 14.3 Å². The number of phenolic OH excluding ortho intramolecular Hbond substituents is 1. The van der Waals surface area contributed by atoms with Gasteiger partial charge in [-0.25, -0.2) is 9.37 Å². The molecule has 0 unspecified atom stereocenters. The molecule has 0 spiro atoms. The minimum atomic E-state index is -0.331. The molecule has 1 amide bonds. The number of halogens is 1. The molecule has 1 aromatic heterocycles. The van der Waals surface area contributed by atoms with Crippen molar-refractivity contribution < 1.29 is 14.3 Å². The third-order valence-electron chi connectivity index (χ3n) is 4.05. The second-order valence-electron chi connectivity index (χ2n) is 5.86. The van der Waals surface area contributed by atoms with E-state index < -0.39 is 0 Å². The Labute approximate surface area is 155 Å². The van der Waals surface area contributed by atoms with Gasteiger partial charge in [0, 0.05) is 18.0 Å². The summed E-state index contributed by atoms with van der Waals surface area (Å²) in [5.41, 5.74) is 2.67. The van der Waals surface area contributed by atoms with Crippen LogP contribution in [0.25, 0.3) is 10.9 Å². The third-order valence-corrected chi connectivity index (χ3v) is 4.90. The van der Waals surface area contributed by atoms with E-state index in [1.54, 1.807) is 30.3 Å². The molecule has 0 aliphatic carbocycles. The molecule has 2 aromatic carbocycles. The summed E-state index contributed by atoms with van der Waals surface area (Å²) in [5.74, 6) is 0.327. The average molecular weight is 370 g/mol. The fraction of sp³-hybridized carbons (Fsp3) is 0.200. The summed E-state index contributed by atoms with van der Waals surface area (Å²) >= 11 is 1.48. The Morgan fingerprint density at radius 3 is 2.81 bits per heavy atom. The Hall–Kier alpha value is -2.60. The largest absolute Gasteiger partial charge is 0.508 e. The van der Waals surface area contributed by atoms with Crippen molar-refractivity contribution in [3.63, 3.8) is 0 Å². The third kappa shape index (κ3) is 3.80. The Bertz CT molecular complexity index is 975. The SMILES string of the molecule is CCSc1nc2cc(O)ccc2c(C)c1C(=O)NCc1cccc(F)c1. The van der Waals surface area contributed by atoms with Gasteiger partial charge in [0.25, 0.3) is 5.91 Å². The van der Waals surface area contributed by atoms with Crippen molar-refractivity contribution >= 4 is 28.6 Å². The number of carbonyl (C=O) groups is 1. The number of aromatic nitrogens is 1. The molecule has 0 aliphatic rings. The van der Waals surface area contributed by atoms with Gasteiger partial charge in [-0.15, -0.1) is 11.8 Å². The van der Waals surface area contributed by atoms with Crippen molar-refractivity contribution in [1.29, 1.82) is 0 Å². The Balaban J connectivity index is 1.96.